The lowest BCUT2D eigenvalue weighted by atomic mass is 10.2. The molecule has 88 valence electrons. The summed E-state index contributed by atoms with van der Waals surface area (Å²) in [6, 6.07) is 7.68. The Morgan fingerprint density at radius 2 is 2.00 bits per heavy atom. The van der Waals surface area contributed by atoms with Gasteiger partial charge < -0.3 is 0 Å². The normalized spacial score (nSPS) is 12.4. The fourth-order valence-electron chi connectivity index (χ4n) is 1.41. The van der Waals surface area contributed by atoms with Crippen LogP contribution in [0.2, 0.25) is 0 Å². The van der Waals surface area contributed by atoms with E-state index in [1.807, 2.05) is 38.1 Å². The molecule has 1 aromatic carbocycles. The van der Waals surface area contributed by atoms with E-state index in [4.69, 9.17) is 0 Å². The number of hydrogen-bond donors (Lipinski definition) is 0. The fourth-order valence-corrected chi connectivity index (χ4v) is 2.41. The van der Waals surface area contributed by atoms with Gasteiger partial charge in [0.15, 0.2) is 0 Å². The summed E-state index contributed by atoms with van der Waals surface area (Å²) in [5.41, 5.74) is 1.21. The van der Waals surface area contributed by atoms with Crippen LogP contribution in [0.5, 0.6) is 0 Å². The lowest BCUT2D eigenvalue weighted by molar-refractivity contribution is -0.517. The number of benzene rings is 1. The molecule has 3 nitrogen and oxygen atoms in total. The van der Waals surface area contributed by atoms with Crippen molar-refractivity contribution in [3.63, 3.8) is 0 Å². The number of hydrogen-bond acceptors (Lipinski definition) is 3. The Morgan fingerprint density at radius 3 is 2.50 bits per heavy atom. The average molecular weight is 239 g/mol. The molecule has 0 spiro atoms. The highest BCUT2D eigenvalue weighted by Crippen LogP contribution is 2.21. The average Bonchev–Trinajstić information content (AvgIpc) is 2.26. The summed E-state index contributed by atoms with van der Waals surface area (Å²) in [5, 5.41) is 10.8. The van der Waals surface area contributed by atoms with Crippen molar-refractivity contribution >= 4 is 11.8 Å². The molecule has 0 aliphatic carbocycles. The van der Waals surface area contributed by atoms with Gasteiger partial charge in [-0.3, -0.25) is 10.1 Å². The predicted molar refractivity (Wildman–Crippen MR) is 67.6 cm³/mol. The first-order valence-corrected chi connectivity index (χ1v) is 6.45. The zero-order valence-electron chi connectivity index (χ0n) is 9.68. The molecule has 0 N–H and O–H groups in total. The molecule has 0 aliphatic rings. The van der Waals surface area contributed by atoms with E-state index in [0.717, 1.165) is 11.3 Å². The molecule has 0 heterocycles. The van der Waals surface area contributed by atoms with Crippen LogP contribution in [0.3, 0.4) is 0 Å². The van der Waals surface area contributed by atoms with Crippen LogP contribution >= 0.6 is 11.8 Å². The molecule has 16 heavy (non-hydrogen) atoms. The van der Waals surface area contributed by atoms with Crippen molar-refractivity contribution in [1.82, 2.24) is 0 Å². The Bertz CT molecular complexity index is 337. The third-order valence-electron chi connectivity index (χ3n) is 2.38. The summed E-state index contributed by atoms with van der Waals surface area (Å²) in [5.74, 6) is 0.559. The molecule has 0 aliphatic heterocycles. The molecule has 4 heteroatoms. The van der Waals surface area contributed by atoms with Crippen LogP contribution < -0.4 is 0 Å². The van der Waals surface area contributed by atoms with Crippen molar-refractivity contribution in [2.75, 3.05) is 5.75 Å². The molecular weight excluding hydrogens is 222 g/mol. The summed E-state index contributed by atoms with van der Waals surface area (Å²) < 4.78 is 0. The smallest absolute Gasteiger partial charge is 0.222 e. The van der Waals surface area contributed by atoms with Crippen LogP contribution in [0.25, 0.3) is 0 Å². The molecule has 0 aromatic heterocycles. The number of aryl methyl sites for hydroxylation is 1. The van der Waals surface area contributed by atoms with Crippen molar-refractivity contribution in [2.45, 2.75) is 37.6 Å². The number of thioether (sulfide) groups is 1. The molecule has 0 saturated heterocycles. The minimum atomic E-state index is -0.420. The molecule has 0 bridgehead atoms. The minimum Gasteiger partial charge on any atom is -0.264 e. The lowest BCUT2D eigenvalue weighted by Crippen LogP contribution is -2.21. The third-order valence-corrected chi connectivity index (χ3v) is 3.54. The van der Waals surface area contributed by atoms with Crippen LogP contribution in [-0.4, -0.2) is 16.7 Å². The maximum absolute atomic E-state index is 10.8. The van der Waals surface area contributed by atoms with E-state index in [0.29, 0.717) is 12.2 Å². The van der Waals surface area contributed by atoms with Crippen LogP contribution in [0.15, 0.2) is 29.2 Å². The molecule has 1 atom stereocenters. The molecule has 0 fully saturated rings. The Morgan fingerprint density at radius 1 is 1.38 bits per heavy atom. The van der Waals surface area contributed by atoms with E-state index in [2.05, 4.69) is 0 Å². The Hall–Kier alpha value is -1.03. The lowest BCUT2D eigenvalue weighted by Gasteiger charge is -2.07. The standard InChI is InChI=1S/C12H17NO2S/c1-3-4-11(13(14)15)9-16-12-7-5-10(2)6-8-12/h5-8,11H,3-4,9H2,1-2H3. The zero-order chi connectivity index (χ0) is 12.0. The number of rotatable bonds is 6. The highest BCUT2D eigenvalue weighted by atomic mass is 32.2. The summed E-state index contributed by atoms with van der Waals surface area (Å²) in [6.07, 6.45) is 1.52. The highest BCUT2D eigenvalue weighted by Gasteiger charge is 2.18. The minimum absolute atomic E-state index is 0.162. The first-order valence-electron chi connectivity index (χ1n) is 5.46. The van der Waals surface area contributed by atoms with E-state index < -0.39 is 6.04 Å². The largest absolute Gasteiger partial charge is 0.264 e. The Balaban J connectivity index is 2.48. The van der Waals surface area contributed by atoms with Gasteiger partial charge >= 0.3 is 0 Å². The topological polar surface area (TPSA) is 43.1 Å². The van der Waals surface area contributed by atoms with Gasteiger partial charge in [0, 0.05) is 16.2 Å². The monoisotopic (exact) mass is 239 g/mol. The van der Waals surface area contributed by atoms with Crippen LogP contribution in [0.4, 0.5) is 0 Å². The second kappa shape index (κ2) is 6.53. The first kappa shape index (κ1) is 13.0. The summed E-state index contributed by atoms with van der Waals surface area (Å²) in [7, 11) is 0. The van der Waals surface area contributed by atoms with Gasteiger partial charge in [0.2, 0.25) is 6.04 Å². The third kappa shape index (κ3) is 4.23. The second-order valence-corrected chi connectivity index (χ2v) is 4.95. The molecule has 0 saturated carbocycles. The van der Waals surface area contributed by atoms with E-state index >= 15 is 0 Å². The second-order valence-electron chi connectivity index (χ2n) is 3.85. The zero-order valence-corrected chi connectivity index (χ0v) is 10.5. The molecule has 0 amide bonds. The van der Waals surface area contributed by atoms with Gasteiger partial charge in [0.05, 0.1) is 5.75 Å². The van der Waals surface area contributed by atoms with E-state index in [1.54, 1.807) is 11.8 Å². The van der Waals surface area contributed by atoms with Gasteiger partial charge in [0.1, 0.15) is 0 Å². The van der Waals surface area contributed by atoms with Crippen molar-refractivity contribution in [2.24, 2.45) is 0 Å². The van der Waals surface area contributed by atoms with Crippen LogP contribution in [0.1, 0.15) is 25.3 Å². The van der Waals surface area contributed by atoms with Crippen molar-refractivity contribution in [1.29, 1.82) is 0 Å². The van der Waals surface area contributed by atoms with Gasteiger partial charge in [-0.25, -0.2) is 0 Å². The number of nitrogens with zero attached hydrogens (tertiary/aromatic N) is 1. The van der Waals surface area contributed by atoms with Crippen molar-refractivity contribution in [3.8, 4) is 0 Å². The van der Waals surface area contributed by atoms with Crippen molar-refractivity contribution in [3.05, 3.63) is 39.9 Å². The van der Waals surface area contributed by atoms with Gasteiger partial charge in [-0.2, -0.15) is 0 Å². The quantitative estimate of drug-likeness (QED) is 0.433. The Labute approximate surface area is 100 Å². The first-order chi connectivity index (χ1) is 7.63. The van der Waals surface area contributed by atoms with Gasteiger partial charge in [-0.15, -0.1) is 11.8 Å². The summed E-state index contributed by atoms with van der Waals surface area (Å²) in [6.45, 7) is 4.01. The molecule has 0 radical (unpaired) electrons. The van der Waals surface area contributed by atoms with E-state index in [-0.39, 0.29) is 4.92 Å². The Kier molecular flexibility index (Phi) is 5.32. The van der Waals surface area contributed by atoms with Gasteiger partial charge in [-0.05, 0) is 25.5 Å². The van der Waals surface area contributed by atoms with Gasteiger partial charge in [0.25, 0.3) is 0 Å². The van der Waals surface area contributed by atoms with Gasteiger partial charge in [-0.1, -0.05) is 24.6 Å². The molecule has 1 unspecified atom stereocenters. The fraction of sp³-hybridized carbons (Fsp3) is 0.500. The maximum Gasteiger partial charge on any atom is 0.222 e. The summed E-state index contributed by atoms with van der Waals surface area (Å²) in [4.78, 5) is 11.7. The molecule has 1 aromatic rings. The molecule has 1 rings (SSSR count). The van der Waals surface area contributed by atoms with Crippen molar-refractivity contribution < 1.29 is 4.92 Å². The SMILES string of the molecule is CCCC(CSc1ccc(C)cc1)[N+](=O)[O-]. The maximum atomic E-state index is 10.8. The van der Waals surface area contributed by atoms with Crippen LogP contribution in [-0.2, 0) is 0 Å². The van der Waals surface area contributed by atoms with Crippen LogP contribution in [0, 0.1) is 17.0 Å². The highest BCUT2D eigenvalue weighted by molar-refractivity contribution is 7.99. The predicted octanol–water partition coefficient (Wildman–Crippen LogP) is 3.53. The molecular formula is C12H17NO2S. The van der Waals surface area contributed by atoms with E-state index in [9.17, 15) is 10.1 Å². The summed E-state index contributed by atoms with van der Waals surface area (Å²) >= 11 is 1.56. The number of nitro groups is 1. The van der Waals surface area contributed by atoms with E-state index in [1.165, 1.54) is 5.56 Å².